The molecular weight excluding hydrogens is 216 g/mol. The Balaban J connectivity index is 3.17. The fraction of sp³-hybridized carbons (Fsp3) is 0.538. The second-order valence-corrected chi connectivity index (χ2v) is 11.4. The summed E-state index contributed by atoms with van der Waals surface area (Å²) in [6.45, 7) is 12.1. The van der Waals surface area contributed by atoms with Gasteiger partial charge in [-0.25, -0.2) is 0 Å². The first kappa shape index (κ1) is 13.1. The van der Waals surface area contributed by atoms with Crippen molar-refractivity contribution in [3.63, 3.8) is 0 Å². The van der Waals surface area contributed by atoms with E-state index in [1.54, 1.807) is 6.08 Å². The van der Waals surface area contributed by atoms with Crippen molar-refractivity contribution in [3.05, 3.63) is 22.9 Å². The first-order chi connectivity index (χ1) is 7.03. The molecule has 0 spiro atoms. The lowest BCUT2D eigenvalue weighted by Crippen LogP contribution is -2.33. The SMILES string of the molecule is CC(C)(C)C1=CC(=O)C([Si](C)(C)C)=CC1=O. The third-order valence-corrected chi connectivity index (χ3v) is 4.70. The standard InChI is InChI=1S/C13H20O2Si/c1-13(2,3)9-7-11(15)12(8-10(9)14)16(4,5)6/h7-8H,1-6H3. The van der Waals surface area contributed by atoms with Crippen LogP contribution in [0, 0.1) is 5.41 Å². The molecule has 0 unspecified atom stereocenters. The molecule has 1 aliphatic rings. The van der Waals surface area contributed by atoms with E-state index in [-0.39, 0.29) is 17.0 Å². The van der Waals surface area contributed by atoms with Gasteiger partial charge in [0.05, 0.1) is 8.07 Å². The predicted molar refractivity (Wildman–Crippen MR) is 69.0 cm³/mol. The third-order valence-electron chi connectivity index (χ3n) is 2.70. The van der Waals surface area contributed by atoms with Crippen LogP contribution >= 0.6 is 0 Å². The quantitative estimate of drug-likeness (QED) is 0.518. The molecule has 0 aliphatic heterocycles. The van der Waals surface area contributed by atoms with Gasteiger partial charge in [0.1, 0.15) is 0 Å². The number of ketones is 2. The molecule has 0 atom stereocenters. The lowest BCUT2D eigenvalue weighted by atomic mass is 9.81. The average molecular weight is 236 g/mol. The van der Waals surface area contributed by atoms with E-state index in [2.05, 4.69) is 19.6 Å². The molecule has 0 aromatic carbocycles. The van der Waals surface area contributed by atoms with Crippen LogP contribution in [0.2, 0.25) is 19.6 Å². The average Bonchev–Trinajstić information content (AvgIpc) is 2.04. The van der Waals surface area contributed by atoms with E-state index in [4.69, 9.17) is 0 Å². The van der Waals surface area contributed by atoms with Gasteiger partial charge in [-0.15, -0.1) is 0 Å². The van der Waals surface area contributed by atoms with Gasteiger partial charge in [-0.1, -0.05) is 40.4 Å². The van der Waals surface area contributed by atoms with Crippen LogP contribution in [0.3, 0.4) is 0 Å². The van der Waals surface area contributed by atoms with Gasteiger partial charge in [0.15, 0.2) is 11.6 Å². The largest absolute Gasteiger partial charge is 0.290 e. The zero-order valence-corrected chi connectivity index (χ0v) is 12.0. The molecular formula is C13H20O2Si. The highest BCUT2D eigenvalue weighted by molar-refractivity contribution is 6.88. The molecule has 3 heteroatoms. The minimum atomic E-state index is -1.70. The first-order valence-corrected chi connectivity index (χ1v) is 9.06. The zero-order valence-electron chi connectivity index (χ0n) is 11.0. The van der Waals surface area contributed by atoms with Crippen LogP contribution in [0.5, 0.6) is 0 Å². The van der Waals surface area contributed by atoms with E-state index in [1.807, 2.05) is 20.8 Å². The number of hydrogen-bond acceptors (Lipinski definition) is 2. The van der Waals surface area contributed by atoms with Crippen molar-refractivity contribution in [1.29, 1.82) is 0 Å². The van der Waals surface area contributed by atoms with Crippen LogP contribution in [-0.4, -0.2) is 19.6 Å². The van der Waals surface area contributed by atoms with E-state index in [1.165, 1.54) is 6.08 Å². The second kappa shape index (κ2) is 3.81. The summed E-state index contributed by atoms with van der Waals surface area (Å²) in [6, 6.07) is 0. The molecule has 0 bridgehead atoms. The highest BCUT2D eigenvalue weighted by Crippen LogP contribution is 2.31. The molecule has 0 N–H and O–H groups in total. The summed E-state index contributed by atoms with van der Waals surface area (Å²) >= 11 is 0. The van der Waals surface area contributed by atoms with E-state index in [0.717, 1.165) is 5.20 Å². The molecule has 88 valence electrons. The summed E-state index contributed by atoms with van der Waals surface area (Å²) in [6.07, 6.45) is 3.10. The number of rotatable bonds is 1. The maximum absolute atomic E-state index is 12.0. The van der Waals surface area contributed by atoms with Gasteiger partial charge in [0.2, 0.25) is 0 Å². The van der Waals surface area contributed by atoms with E-state index < -0.39 is 8.07 Å². The van der Waals surface area contributed by atoms with Crippen molar-refractivity contribution in [2.45, 2.75) is 40.4 Å². The number of allylic oxidation sites excluding steroid dienone is 4. The molecule has 0 aromatic heterocycles. The van der Waals surface area contributed by atoms with Gasteiger partial charge in [-0.3, -0.25) is 9.59 Å². The smallest absolute Gasteiger partial charge is 0.182 e. The monoisotopic (exact) mass is 236 g/mol. The molecule has 1 aliphatic carbocycles. The highest BCUT2D eigenvalue weighted by atomic mass is 28.3. The van der Waals surface area contributed by atoms with Gasteiger partial charge >= 0.3 is 0 Å². The third kappa shape index (κ3) is 2.58. The van der Waals surface area contributed by atoms with Crippen molar-refractivity contribution < 1.29 is 9.59 Å². The second-order valence-electron chi connectivity index (χ2n) is 6.34. The van der Waals surface area contributed by atoms with Crippen molar-refractivity contribution >= 4 is 19.6 Å². The van der Waals surface area contributed by atoms with E-state index in [9.17, 15) is 9.59 Å². The Morgan fingerprint density at radius 2 is 1.44 bits per heavy atom. The lowest BCUT2D eigenvalue weighted by molar-refractivity contribution is -0.115. The van der Waals surface area contributed by atoms with Crippen molar-refractivity contribution in [2.24, 2.45) is 5.41 Å². The van der Waals surface area contributed by atoms with Crippen LogP contribution in [0.1, 0.15) is 20.8 Å². The van der Waals surface area contributed by atoms with Gasteiger partial charge in [-0.05, 0) is 22.8 Å². The molecule has 2 nitrogen and oxygen atoms in total. The zero-order chi connectivity index (χ0) is 12.7. The van der Waals surface area contributed by atoms with E-state index in [0.29, 0.717) is 5.57 Å². The topological polar surface area (TPSA) is 34.1 Å². The maximum atomic E-state index is 12.0. The maximum Gasteiger partial charge on any atom is 0.182 e. The Morgan fingerprint density at radius 3 is 1.81 bits per heavy atom. The Morgan fingerprint density at radius 1 is 0.938 bits per heavy atom. The Kier molecular flexibility index (Phi) is 3.12. The molecule has 0 saturated heterocycles. The Bertz CT molecular complexity index is 361. The van der Waals surface area contributed by atoms with Gasteiger partial charge in [-0.2, -0.15) is 0 Å². The van der Waals surface area contributed by atoms with Crippen molar-refractivity contribution in [2.75, 3.05) is 0 Å². The minimum Gasteiger partial charge on any atom is -0.290 e. The fourth-order valence-corrected chi connectivity index (χ4v) is 3.11. The highest BCUT2D eigenvalue weighted by Gasteiger charge is 2.33. The van der Waals surface area contributed by atoms with E-state index >= 15 is 0 Å². The normalized spacial score (nSPS) is 18.4. The van der Waals surface area contributed by atoms with Crippen LogP contribution < -0.4 is 0 Å². The summed E-state index contributed by atoms with van der Waals surface area (Å²) in [5.74, 6) is 0.0354. The molecule has 0 amide bonds. The molecule has 16 heavy (non-hydrogen) atoms. The molecule has 0 radical (unpaired) electrons. The molecule has 0 fully saturated rings. The first-order valence-electron chi connectivity index (χ1n) is 5.56. The van der Waals surface area contributed by atoms with Crippen LogP contribution in [0.4, 0.5) is 0 Å². The lowest BCUT2D eigenvalue weighted by Gasteiger charge is -2.27. The summed E-state index contributed by atoms with van der Waals surface area (Å²) in [7, 11) is -1.70. The van der Waals surface area contributed by atoms with Gasteiger partial charge in [0.25, 0.3) is 0 Å². The summed E-state index contributed by atoms with van der Waals surface area (Å²) in [4.78, 5) is 24.0. The number of carbonyl (C=O) groups excluding carboxylic acids is 2. The van der Waals surface area contributed by atoms with Crippen LogP contribution in [0.25, 0.3) is 0 Å². The number of carbonyl (C=O) groups is 2. The summed E-state index contributed by atoms with van der Waals surface area (Å²) in [5.41, 5.74) is 0.369. The molecule has 0 aromatic rings. The van der Waals surface area contributed by atoms with Crippen molar-refractivity contribution in [1.82, 2.24) is 0 Å². The van der Waals surface area contributed by atoms with Crippen LogP contribution in [0.15, 0.2) is 22.9 Å². The van der Waals surface area contributed by atoms with Crippen LogP contribution in [-0.2, 0) is 9.59 Å². The molecule has 0 heterocycles. The summed E-state index contributed by atoms with van der Waals surface area (Å²) in [5, 5.41) is 0.741. The molecule has 1 rings (SSSR count). The minimum absolute atomic E-state index is 0.00419. The Hall–Kier alpha value is -0.963. The molecule has 0 saturated carbocycles. The fourth-order valence-electron chi connectivity index (χ4n) is 1.73. The van der Waals surface area contributed by atoms with Gasteiger partial charge < -0.3 is 0 Å². The predicted octanol–water partition coefficient (Wildman–Crippen LogP) is 2.91. The summed E-state index contributed by atoms with van der Waals surface area (Å²) < 4.78 is 0. The van der Waals surface area contributed by atoms with Crippen molar-refractivity contribution in [3.8, 4) is 0 Å². The number of hydrogen-bond donors (Lipinski definition) is 0. The van der Waals surface area contributed by atoms with Gasteiger partial charge in [0, 0.05) is 5.57 Å². The Labute approximate surface area is 98.4 Å².